The van der Waals surface area contributed by atoms with Crippen LogP contribution in [0.25, 0.3) is 5.69 Å². The smallest absolute Gasteiger partial charge is 0.251 e. The van der Waals surface area contributed by atoms with Gasteiger partial charge in [-0.25, -0.2) is 4.68 Å². The Morgan fingerprint density at radius 3 is 2.52 bits per heavy atom. The monoisotopic (exact) mass is 359 g/mol. The van der Waals surface area contributed by atoms with Crippen LogP contribution >= 0.6 is 0 Å². The van der Waals surface area contributed by atoms with E-state index in [1.165, 1.54) is 11.0 Å². The first-order valence-corrected chi connectivity index (χ1v) is 8.45. The normalized spacial score (nSPS) is 10.7. The number of nitrogens with zero attached hydrogens (tertiary/aromatic N) is 6. The van der Waals surface area contributed by atoms with Gasteiger partial charge >= 0.3 is 0 Å². The van der Waals surface area contributed by atoms with E-state index in [1.54, 1.807) is 30.5 Å². The van der Waals surface area contributed by atoms with Crippen LogP contribution in [0.3, 0.4) is 0 Å². The van der Waals surface area contributed by atoms with Gasteiger partial charge in [0.25, 0.3) is 5.91 Å². The molecule has 134 valence electrons. The molecule has 27 heavy (non-hydrogen) atoms. The Morgan fingerprint density at radius 2 is 1.81 bits per heavy atom. The minimum absolute atomic E-state index is 0.132. The van der Waals surface area contributed by atoms with Gasteiger partial charge in [-0.3, -0.25) is 9.48 Å². The molecule has 0 unspecified atom stereocenters. The van der Waals surface area contributed by atoms with E-state index in [-0.39, 0.29) is 5.91 Å². The molecule has 0 saturated heterocycles. The third-order valence-electron chi connectivity index (χ3n) is 4.19. The van der Waals surface area contributed by atoms with Crippen molar-refractivity contribution in [3.8, 4) is 5.69 Å². The Morgan fingerprint density at radius 1 is 1.00 bits per heavy atom. The molecular formula is C19H17N7O. The zero-order valence-corrected chi connectivity index (χ0v) is 14.4. The van der Waals surface area contributed by atoms with Crippen LogP contribution < -0.4 is 5.32 Å². The molecule has 4 rings (SSSR count). The molecule has 0 radical (unpaired) electrons. The van der Waals surface area contributed by atoms with Gasteiger partial charge in [0, 0.05) is 24.5 Å². The van der Waals surface area contributed by atoms with Gasteiger partial charge in [0.1, 0.15) is 6.33 Å². The van der Waals surface area contributed by atoms with E-state index in [0.717, 1.165) is 16.8 Å². The molecule has 1 N–H and O–H groups in total. The summed E-state index contributed by atoms with van der Waals surface area (Å²) in [6.45, 7) is 1.12. The van der Waals surface area contributed by atoms with Crippen LogP contribution in [-0.4, -0.2) is 35.9 Å². The first kappa shape index (κ1) is 16.6. The molecule has 0 fully saturated rings. The number of hydrogen-bond acceptors (Lipinski definition) is 5. The largest absolute Gasteiger partial charge is 0.348 e. The minimum Gasteiger partial charge on any atom is -0.348 e. The van der Waals surface area contributed by atoms with Crippen LogP contribution in [0.5, 0.6) is 0 Å². The van der Waals surface area contributed by atoms with Crippen LogP contribution in [0.2, 0.25) is 0 Å². The Bertz CT molecular complexity index is 1010. The second-order valence-corrected chi connectivity index (χ2v) is 5.96. The first-order chi connectivity index (χ1) is 13.3. The molecule has 0 aliphatic rings. The third-order valence-corrected chi connectivity index (χ3v) is 4.19. The van der Waals surface area contributed by atoms with E-state index in [1.807, 2.05) is 41.2 Å². The van der Waals surface area contributed by atoms with Gasteiger partial charge in [-0.2, -0.15) is 5.10 Å². The predicted molar refractivity (Wildman–Crippen MR) is 98.1 cm³/mol. The minimum atomic E-state index is -0.132. The molecule has 0 aliphatic carbocycles. The van der Waals surface area contributed by atoms with Gasteiger partial charge in [0.15, 0.2) is 0 Å². The number of hydrogen-bond donors (Lipinski definition) is 1. The van der Waals surface area contributed by atoms with Crippen molar-refractivity contribution in [1.82, 2.24) is 35.3 Å². The van der Waals surface area contributed by atoms with E-state index in [0.29, 0.717) is 18.7 Å². The van der Waals surface area contributed by atoms with Gasteiger partial charge in [0.2, 0.25) is 0 Å². The van der Waals surface area contributed by atoms with Crippen molar-refractivity contribution >= 4 is 5.91 Å². The molecule has 1 amide bonds. The van der Waals surface area contributed by atoms with Crippen molar-refractivity contribution in [2.24, 2.45) is 0 Å². The van der Waals surface area contributed by atoms with Crippen molar-refractivity contribution in [3.63, 3.8) is 0 Å². The number of aromatic nitrogens is 6. The quantitative estimate of drug-likeness (QED) is 0.567. The molecule has 0 bridgehead atoms. The molecule has 8 heteroatoms. The number of amides is 1. The molecular weight excluding hydrogens is 342 g/mol. The second kappa shape index (κ2) is 7.61. The molecule has 8 nitrogen and oxygen atoms in total. The standard InChI is InChI=1S/C19H17N7O/c27-19(15-6-8-18(9-7-15)26-14-21-23-24-26)20-12-16-4-1-2-5-17(16)13-25-11-3-10-22-25/h1-11,14H,12-13H2,(H,20,27). The fourth-order valence-electron chi connectivity index (χ4n) is 2.78. The maximum atomic E-state index is 12.5. The summed E-state index contributed by atoms with van der Waals surface area (Å²) in [5.74, 6) is -0.132. The fourth-order valence-corrected chi connectivity index (χ4v) is 2.78. The van der Waals surface area contributed by atoms with Crippen LogP contribution in [-0.2, 0) is 13.1 Å². The van der Waals surface area contributed by atoms with E-state index in [4.69, 9.17) is 0 Å². The van der Waals surface area contributed by atoms with E-state index < -0.39 is 0 Å². The van der Waals surface area contributed by atoms with Gasteiger partial charge in [-0.1, -0.05) is 24.3 Å². The van der Waals surface area contributed by atoms with Crippen LogP contribution in [0.1, 0.15) is 21.5 Å². The van der Waals surface area contributed by atoms with Crippen molar-refractivity contribution < 1.29 is 4.79 Å². The highest BCUT2D eigenvalue weighted by Gasteiger charge is 2.08. The summed E-state index contributed by atoms with van der Waals surface area (Å²) >= 11 is 0. The average molecular weight is 359 g/mol. The Hall–Kier alpha value is -3.81. The highest BCUT2D eigenvalue weighted by Crippen LogP contribution is 2.12. The lowest BCUT2D eigenvalue weighted by Crippen LogP contribution is -2.23. The van der Waals surface area contributed by atoms with Gasteiger partial charge in [0.05, 0.1) is 12.2 Å². The maximum Gasteiger partial charge on any atom is 0.251 e. The number of tetrazole rings is 1. The molecule has 2 aromatic carbocycles. The first-order valence-electron chi connectivity index (χ1n) is 8.45. The summed E-state index contributed by atoms with van der Waals surface area (Å²) in [7, 11) is 0. The lowest BCUT2D eigenvalue weighted by molar-refractivity contribution is 0.0951. The zero-order valence-electron chi connectivity index (χ0n) is 14.4. The van der Waals surface area contributed by atoms with Gasteiger partial charge in [-0.15, -0.1) is 5.10 Å². The topological polar surface area (TPSA) is 90.5 Å². The lowest BCUT2D eigenvalue weighted by atomic mass is 10.1. The molecule has 0 saturated carbocycles. The average Bonchev–Trinajstić information content (AvgIpc) is 3.41. The molecule has 2 aromatic heterocycles. The fraction of sp³-hybridized carbons (Fsp3) is 0.105. The van der Waals surface area contributed by atoms with E-state index >= 15 is 0 Å². The SMILES string of the molecule is O=C(NCc1ccccc1Cn1cccn1)c1ccc(-n2cnnn2)cc1. The molecule has 0 atom stereocenters. The van der Waals surface area contributed by atoms with Gasteiger partial charge in [-0.05, 0) is 51.9 Å². The van der Waals surface area contributed by atoms with Crippen molar-refractivity contribution in [2.75, 3.05) is 0 Å². The molecule has 0 spiro atoms. The van der Waals surface area contributed by atoms with Crippen molar-refractivity contribution in [3.05, 3.63) is 90.0 Å². The van der Waals surface area contributed by atoms with Crippen LogP contribution in [0, 0.1) is 0 Å². The summed E-state index contributed by atoms with van der Waals surface area (Å²) in [5.41, 5.74) is 3.56. The van der Waals surface area contributed by atoms with Crippen LogP contribution in [0.15, 0.2) is 73.3 Å². The summed E-state index contributed by atoms with van der Waals surface area (Å²) < 4.78 is 3.39. The number of nitrogens with one attached hydrogen (secondary N) is 1. The second-order valence-electron chi connectivity index (χ2n) is 5.96. The molecule has 0 aliphatic heterocycles. The number of benzene rings is 2. The summed E-state index contributed by atoms with van der Waals surface area (Å²) in [6.07, 6.45) is 5.18. The maximum absolute atomic E-state index is 12.5. The highest BCUT2D eigenvalue weighted by molar-refractivity contribution is 5.94. The number of carbonyl (C=O) groups is 1. The predicted octanol–water partition coefficient (Wildman–Crippen LogP) is 1.84. The number of carbonyl (C=O) groups excluding carboxylic acids is 1. The van der Waals surface area contributed by atoms with Crippen molar-refractivity contribution in [2.45, 2.75) is 13.1 Å². The molecule has 2 heterocycles. The lowest BCUT2D eigenvalue weighted by Gasteiger charge is -2.11. The van der Waals surface area contributed by atoms with Crippen LogP contribution in [0.4, 0.5) is 0 Å². The Balaban J connectivity index is 1.42. The van der Waals surface area contributed by atoms with Crippen molar-refractivity contribution in [1.29, 1.82) is 0 Å². The zero-order chi connectivity index (χ0) is 18.5. The Kier molecular flexibility index (Phi) is 4.69. The summed E-state index contributed by atoms with van der Waals surface area (Å²) in [4.78, 5) is 12.5. The number of rotatable bonds is 6. The van der Waals surface area contributed by atoms with E-state index in [9.17, 15) is 4.79 Å². The molecule has 4 aromatic rings. The van der Waals surface area contributed by atoms with Gasteiger partial charge < -0.3 is 5.32 Å². The van der Waals surface area contributed by atoms with E-state index in [2.05, 4.69) is 25.9 Å². The highest BCUT2D eigenvalue weighted by atomic mass is 16.1. The Labute approximate surface area is 155 Å². The third kappa shape index (κ3) is 3.90. The summed E-state index contributed by atoms with van der Waals surface area (Å²) in [5, 5.41) is 18.2. The summed E-state index contributed by atoms with van der Waals surface area (Å²) in [6, 6.07) is 17.0.